The Kier molecular flexibility index (Phi) is 5.84. The second kappa shape index (κ2) is 7.06. The maximum absolute atomic E-state index is 11.9. The highest BCUT2D eigenvalue weighted by atomic mass is 31.2. The van der Waals surface area contributed by atoms with Gasteiger partial charge in [0.05, 0.1) is 31.5 Å². The number of hydrogen-bond acceptors (Lipinski definition) is 7. The van der Waals surface area contributed by atoms with Crippen molar-refractivity contribution in [2.75, 3.05) is 13.2 Å². The van der Waals surface area contributed by atoms with Crippen molar-refractivity contribution in [3.05, 3.63) is 0 Å². The van der Waals surface area contributed by atoms with Crippen molar-refractivity contribution in [2.45, 2.75) is 56.3 Å². The van der Waals surface area contributed by atoms with Crippen molar-refractivity contribution in [1.82, 2.24) is 0 Å². The van der Waals surface area contributed by atoms with Gasteiger partial charge in [0.2, 0.25) is 0 Å². The van der Waals surface area contributed by atoms with Crippen molar-refractivity contribution >= 4 is 15.7 Å². The van der Waals surface area contributed by atoms with Crippen molar-refractivity contribution in [3.63, 3.8) is 0 Å². The molecule has 0 spiro atoms. The average Bonchev–Trinajstić information content (AvgIpc) is 2.88. The molecule has 0 aromatic carbocycles. The Morgan fingerprint density at radius 2 is 2.05 bits per heavy atom. The van der Waals surface area contributed by atoms with Gasteiger partial charge >= 0.3 is 7.82 Å². The summed E-state index contributed by atoms with van der Waals surface area (Å²) in [5, 5.41) is 18.8. The van der Waals surface area contributed by atoms with E-state index in [0.29, 0.717) is 6.42 Å². The van der Waals surface area contributed by atoms with E-state index in [2.05, 4.69) is 0 Å². The van der Waals surface area contributed by atoms with Gasteiger partial charge in [0.15, 0.2) is 0 Å². The van der Waals surface area contributed by atoms with Gasteiger partial charge in [-0.2, -0.15) is 0 Å². The molecule has 0 saturated carbocycles. The van der Waals surface area contributed by atoms with Gasteiger partial charge in [0.1, 0.15) is 20.1 Å². The van der Waals surface area contributed by atoms with Crippen LogP contribution in [0.15, 0.2) is 0 Å². The molecule has 0 aromatic heterocycles. The topological polar surface area (TPSA) is 115 Å². The fourth-order valence-electron chi connectivity index (χ4n) is 2.48. The van der Waals surface area contributed by atoms with Gasteiger partial charge in [-0.1, -0.05) is 0 Å². The molecule has 0 bridgehead atoms. The van der Waals surface area contributed by atoms with Gasteiger partial charge < -0.3 is 24.6 Å². The van der Waals surface area contributed by atoms with E-state index in [1.54, 1.807) is 6.92 Å². The monoisotopic (exact) mass is 322 g/mol. The highest BCUT2D eigenvalue weighted by Crippen LogP contribution is 2.47. The van der Waals surface area contributed by atoms with Gasteiger partial charge in [-0.15, -0.1) is 0 Å². The lowest BCUT2D eigenvalue weighted by Crippen LogP contribution is -2.29. The summed E-state index contributed by atoms with van der Waals surface area (Å²) >= 11 is 0. The predicted molar refractivity (Wildman–Crippen MR) is 71.7 cm³/mol. The van der Waals surface area contributed by atoms with Crippen LogP contribution in [0.1, 0.15) is 19.8 Å². The molecule has 120 valence electrons. The molecule has 21 heavy (non-hydrogen) atoms. The molecule has 2 aliphatic heterocycles. The SMILES string of the molecule is [B][C@H]1C[C@@H](OP(=O)(O)OC[C@H]2O[C@@H](C)C[C@H]2O)[C@@H](CO)O1. The molecule has 2 heterocycles. The standard InChI is InChI=1S/C11H20BO8P/c1-6-2-7(14)10(18-6)5-17-21(15,16)20-8-3-11(12)19-9(8)4-13/h6-11,13-14H,2-5H2,1H3,(H,15,16)/t6-,7+,8+,9+,10+,11+/m0/s1. The number of aliphatic hydroxyl groups excluding tert-OH is 2. The summed E-state index contributed by atoms with van der Waals surface area (Å²) in [6.45, 7) is 1.16. The normalized spacial score (nSPS) is 43.0. The maximum Gasteiger partial charge on any atom is 0.472 e. The highest BCUT2D eigenvalue weighted by molar-refractivity contribution is 7.47. The van der Waals surface area contributed by atoms with Crippen molar-refractivity contribution < 1.29 is 38.2 Å². The molecule has 2 rings (SSSR count). The first-order valence-corrected chi connectivity index (χ1v) is 8.31. The molecular formula is C11H20BO8P. The quantitative estimate of drug-likeness (QED) is 0.434. The van der Waals surface area contributed by atoms with Crippen LogP contribution in [0, 0.1) is 0 Å². The first kappa shape index (κ1) is 17.4. The van der Waals surface area contributed by atoms with Gasteiger partial charge in [0.25, 0.3) is 0 Å². The van der Waals surface area contributed by atoms with Crippen LogP contribution in [-0.4, -0.2) is 72.7 Å². The fraction of sp³-hybridized carbons (Fsp3) is 1.00. The Labute approximate surface area is 124 Å². The largest absolute Gasteiger partial charge is 0.472 e. The van der Waals surface area contributed by atoms with E-state index in [4.69, 9.17) is 31.5 Å². The zero-order valence-corrected chi connectivity index (χ0v) is 12.6. The molecule has 7 atom stereocenters. The number of hydrogen-bond donors (Lipinski definition) is 3. The summed E-state index contributed by atoms with van der Waals surface area (Å²) in [5.74, 6) is 0. The minimum absolute atomic E-state index is 0.132. The molecule has 2 fully saturated rings. The molecule has 1 unspecified atom stereocenters. The van der Waals surface area contributed by atoms with Crippen LogP contribution in [0.2, 0.25) is 0 Å². The Morgan fingerprint density at radius 3 is 2.62 bits per heavy atom. The molecule has 8 nitrogen and oxygen atoms in total. The number of phosphoric ester groups is 1. The van der Waals surface area contributed by atoms with Crippen LogP contribution in [0.25, 0.3) is 0 Å². The zero-order valence-electron chi connectivity index (χ0n) is 11.7. The molecule has 2 radical (unpaired) electrons. The third-order valence-electron chi connectivity index (χ3n) is 3.49. The third-order valence-corrected chi connectivity index (χ3v) is 4.50. The van der Waals surface area contributed by atoms with Gasteiger partial charge in [-0.05, 0) is 13.3 Å². The van der Waals surface area contributed by atoms with Gasteiger partial charge in [-0.3, -0.25) is 9.05 Å². The van der Waals surface area contributed by atoms with E-state index in [-0.39, 0.29) is 25.7 Å². The lowest BCUT2D eigenvalue weighted by atomic mass is 9.96. The number of ether oxygens (including phenoxy) is 2. The van der Waals surface area contributed by atoms with E-state index in [1.165, 1.54) is 0 Å². The molecule has 2 saturated heterocycles. The Morgan fingerprint density at radius 1 is 1.33 bits per heavy atom. The van der Waals surface area contributed by atoms with E-state index >= 15 is 0 Å². The van der Waals surface area contributed by atoms with Crippen molar-refractivity contribution in [2.24, 2.45) is 0 Å². The summed E-state index contributed by atoms with van der Waals surface area (Å²) in [5.41, 5.74) is 0. The minimum Gasteiger partial charge on any atom is -0.394 e. The van der Waals surface area contributed by atoms with Crippen LogP contribution in [0.3, 0.4) is 0 Å². The van der Waals surface area contributed by atoms with Crippen molar-refractivity contribution in [3.8, 4) is 0 Å². The molecule has 2 aliphatic rings. The van der Waals surface area contributed by atoms with E-state index in [9.17, 15) is 14.6 Å². The van der Waals surface area contributed by atoms with Crippen LogP contribution in [0.5, 0.6) is 0 Å². The van der Waals surface area contributed by atoms with Crippen LogP contribution in [0.4, 0.5) is 0 Å². The molecule has 0 amide bonds. The third kappa shape index (κ3) is 4.74. The zero-order chi connectivity index (χ0) is 15.6. The van der Waals surface area contributed by atoms with Crippen LogP contribution >= 0.6 is 7.82 Å². The van der Waals surface area contributed by atoms with Crippen molar-refractivity contribution in [1.29, 1.82) is 0 Å². The number of aliphatic hydroxyl groups is 2. The summed E-state index contributed by atoms with van der Waals surface area (Å²) < 4.78 is 32.2. The smallest absolute Gasteiger partial charge is 0.394 e. The Balaban J connectivity index is 1.83. The van der Waals surface area contributed by atoms with E-state index < -0.39 is 38.2 Å². The van der Waals surface area contributed by atoms with Gasteiger partial charge in [-0.25, -0.2) is 4.57 Å². The molecule has 10 heteroatoms. The second-order valence-electron chi connectivity index (χ2n) is 5.33. The van der Waals surface area contributed by atoms with Crippen LogP contribution < -0.4 is 0 Å². The van der Waals surface area contributed by atoms with Crippen LogP contribution in [-0.2, 0) is 23.1 Å². The number of phosphoric acid groups is 1. The lowest BCUT2D eigenvalue weighted by Gasteiger charge is -2.21. The number of rotatable bonds is 6. The molecular weight excluding hydrogens is 302 g/mol. The predicted octanol–water partition coefficient (Wildman–Crippen LogP) is -0.697. The minimum atomic E-state index is -4.36. The summed E-state index contributed by atoms with van der Waals surface area (Å²) in [4.78, 5) is 9.68. The van der Waals surface area contributed by atoms with E-state index in [1.807, 2.05) is 0 Å². The first-order valence-electron chi connectivity index (χ1n) is 6.82. The Bertz CT molecular complexity index is 396. The molecule has 0 aromatic rings. The summed E-state index contributed by atoms with van der Waals surface area (Å²) in [7, 11) is 1.18. The summed E-state index contributed by atoms with van der Waals surface area (Å²) in [6.07, 6.45) is -2.51. The Hall–Kier alpha value is 0.0149. The van der Waals surface area contributed by atoms with E-state index in [0.717, 1.165) is 0 Å². The maximum atomic E-state index is 11.9. The highest BCUT2D eigenvalue weighted by Gasteiger charge is 2.40. The lowest BCUT2D eigenvalue weighted by molar-refractivity contribution is -0.0314. The molecule has 3 N–H and O–H groups in total. The fourth-order valence-corrected chi connectivity index (χ4v) is 3.44. The average molecular weight is 322 g/mol. The second-order valence-corrected chi connectivity index (χ2v) is 6.73. The first-order chi connectivity index (χ1) is 9.80. The summed E-state index contributed by atoms with van der Waals surface area (Å²) in [6, 6.07) is -0.659. The van der Waals surface area contributed by atoms with Gasteiger partial charge in [0, 0.05) is 12.4 Å². The molecule has 0 aliphatic carbocycles.